The Morgan fingerprint density at radius 2 is 1.69 bits per heavy atom. The predicted molar refractivity (Wildman–Crippen MR) is 160 cm³/mol. The summed E-state index contributed by atoms with van der Waals surface area (Å²) in [5.74, 6) is -0.263. The molecule has 1 N–H and O–H groups in total. The van der Waals surface area contributed by atoms with Gasteiger partial charge in [0.05, 0.1) is 16.8 Å². The van der Waals surface area contributed by atoms with E-state index in [1.807, 2.05) is 56.3 Å². The Morgan fingerprint density at radius 3 is 2.33 bits per heavy atom. The molecule has 1 aromatic heterocycles. The van der Waals surface area contributed by atoms with Crippen molar-refractivity contribution in [2.75, 3.05) is 10.8 Å². The van der Waals surface area contributed by atoms with Gasteiger partial charge in [-0.25, -0.2) is 13.8 Å². The number of sulfonamides is 1. The molecule has 1 heterocycles. The number of anilines is 1. The summed E-state index contributed by atoms with van der Waals surface area (Å²) in [7, 11) is -3.99. The molecule has 0 saturated carbocycles. The summed E-state index contributed by atoms with van der Waals surface area (Å²) in [5.41, 5.74) is 7.80. The zero-order valence-corrected chi connectivity index (χ0v) is 24.7. The molecule has 0 radical (unpaired) electrons. The first-order valence-electron chi connectivity index (χ1n) is 12.5. The van der Waals surface area contributed by atoms with Gasteiger partial charge in [0, 0.05) is 27.1 Å². The van der Waals surface area contributed by atoms with Gasteiger partial charge >= 0.3 is 0 Å². The lowest BCUT2D eigenvalue weighted by atomic mass is 10.0. The Kier molecular flexibility index (Phi) is 8.72. The molecule has 3 aromatic carbocycles. The quantitative estimate of drug-likeness (QED) is 0.179. The fraction of sp³-hybridized carbons (Fsp3) is 0.200. The van der Waals surface area contributed by atoms with E-state index in [0.29, 0.717) is 11.6 Å². The van der Waals surface area contributed by atoms with Crippen LogP contribution in [0.5, 0.6) is 0 Å². The molecule has 9 heteroatoms. The van der Waals surface area contributed by atoms with Crippen molar-refractivity contribution in [2.45, 2.75) is 38.5 Å². The topological polar surface area (TPSA) is 83.8 Å². The van der Waals surface area contributed by atoms with Crippen molar-refractivity contribution < 1.29 is 13.2 Å². The third kappa shape index (κ3) is 6.49. The molecule has 0 spiro atoms. The molecule has 0 fully saturated rings. The van der Waals surface area contributed by atoms with Crippen molar-refractivity contribution >= 4 is 43.8 Å². The molecular formula is C30H31BrN4O3S. The monoisotopic (exact) mass is 606 g/mol. The largest absolute Gasteiger partial charge is 0.318 e. The first-order valence-corrected chi connectivity index (χ1v) is 14.8. The molecule has 39 heavy (non-hydrogen) atoms. The molecule has 4 rings (SSSR count). The molecule has 4 aromatic rings. The van der Waals surface area contributed by atoms with Crippen molar-refractivity contribution in [1.82, 2.24) is 9.99 Å². The first-order chi connectivity index (χ1) is 18.6. The van der Waals surface area contributed by atoms with E-state index in [-0.39, 0.29) is 4.90 Å². The number of aryl methyl sites for hydroxylation is 1. The third-order valence-electron chi connectivity index (χ3n) is 6.40. The molecule has 1 amide bonds. The van der Waals surface area contributed by atoms with E-state index in [2.05, 4.69) is 44.9 Å². The van der Waals surface area contributed by atoms with Crippen LogP contribution in [0.25, 0.3) is 5.69 Å². The number of amides is 1. The number of carbonyl (C=O) groups excluding carboxylic acids is 1. The average molecular weight is 608 g/mol. The maximum atomic E-state index is 13.5. The number of nitrogens with zero attached hydrogens (tertiary/aromatic N) is 3. The second-order valence-corrected chi connectivity index (χ2v) is 12.3. The third-order valence-corrected chi connectivity index (χ3v) is 8.68. The smallest absolute Gasteiger partial charge is 0.264 e. The highest BCUT2D eigenvalue weighted by molar-refractivity contribution is 9.10. The van der Waals surface area contributed by atoms with Crippen molar-refractivity contribution in [2.24, 2.45) is 5.10 Å². The molecule has 0 atom stereocenters. The van der Waals surface area contributed by atoms with Crippen LogP contribution in [-0.4, -0.2) is 31.7 Å². The highest BCUT2D eigenvalue weighted by Crippen LogP contribution is 2.26. The van der Waals surface area contributed by atoms with Crippen LogP contribution in [0.4, 0.5) is 5.69 Å². The maximum Gasteiger partial charge on any atom is 0.264 e. The lowest BCUT2D eigenvalue weighted by molar-refractivity contribution is -0.119. The first kappa shape index (κ1) is 28.3. The van der Waals surface area contributed by atoms with Gasteiger partial charge in [-0.15, -0.1) is 0 Å². The lowest BCUT2D eigenvalue weighted by Crippen LogP contribution is -2.39. The number of nitrogens with one attached hydrogen (secondary N) is 1. The molecule has 0 saturated heterocycles. The Balaban J connectivity index is 1.55. The van der Waals surface area contributed by atoms with Crippen LogP contribution in [0.15, 0.2) is 99.4 Å². The number of benzene rings is 3. The highest BCUT2D eigenvalue weighted by atomic mass is 79.9. The zero-order valence-electron chi connectivity index (χ0n) is 22.3. The number of rotatable bonds is 9. The summed E-state index contributed by atoms with van der Waals surface area (Å²) >= 11 is 3.51. The second kappa shape index (κ2) is 12.0. The molecule has 202 valence electrons. The van der Waals surface area contributed by atoms with Crippen molar-refractivity contribution in [1.29, 1.82) is 0 Å². The van der Waals surface area contributed by atoms with Gasteiger partial charge in [-0.3, -0.25) is 9.10 Å². The van der Waals surface area contributed by atoms with E-state index in [1.165, 1.54) is 12.1 Å². The number of carbonyl (C=O) groups is 1. The number of halogens is 1. The second-order valence-electron chi connectivity index (χ2n) is 9.51. The van der Waals surface area contributed by atoms with Gasteiger partial charge in [0.2, 0.25) is 0 Å². The van der Waals surface area contributed by atoms with Crippen LogP contribution in [0.3, 0.4) is 0 Å². The summed E-state index contributed by atoms with van der Waals surface area (Å²) in [6, 6.07) is 25.3. The number of aromatic nitrogens is 1. The minimum absolute atomic E-state index is 0.106. The minimum Gasteiger partial charge on any atom is -0.318 e. The van der Waals surface area contributed by atoms with E-state index < -0.39 is 22.5 Å². The van der Waals surface area contributed by atoms with Gasteiger partial charge in [-0.2, -0.15) is 5.10 Å². The highest BCUT2D eigenvalue weighted by Gasteiger charge is 2.27. The van der Waals surface area contributed by atoms with Crippen LogP contribution in [0.1, 0.15) is 42.3 Å². The van der Waals surface area contributed by atoms with Crippen LogP contribution < -0.4 is 9.73 Å². The number of hydrazone groups is 1. The standard InChI is InChI=1S/C30H31BrN4O3S/c1-21(2)24-13-15-27(16-14-24)34(39(37,38)29-11-6-5-7-12-29)20-30(36)33-32-19-25-17-22(3)35(23(25)4)28-10-8-9-26(31)18-28/h5-19,21H,20H2,1-4H3,(H,33,36)/b32-19+. The summed E-state index contributed by atoms with van der Waals surface area (Å²) in [6.45, 7) is 7.68. The Bertz CT molecular complexity index is 1600. The van der Waals surface area contributed by atoms with Crippen LogP contribution in [-0.2, 0) is 14.8 Å². The Labute approximate surface area is 238 Å². The van der Waals surface area contributed by atoms with E-state index in [4.69, 9.17) is 0 Å². The summed E-state index contributed by atoms with van der Waals surface area (Å²) in [5, 5.41) is 4.14. The van der Waals surface area contributed by atoms with Crippen LogP contribution >= 0.6 is 15.9 Å². The van der Waals surface area contributed by atoms with Crippen molar-refractivity contribution in [3.63, 3.8) is 0 Å². The number of hydrogen-bond acceptors (Lipinski definition) is 4. The molecule has 0 unspecified atom stereocenters. The normalized spacial score (nSPS) is 11.7. The maximum absolute atomic E-state index is 13.5. The van der Waals surface area contributed by atoms with Crippen molar-refractivity contribution in [3.8, 4) is 5.69 Å². The van der Waals surface area contributed by atoms with Gasteiger partial charge in [0.15, 0.2) is 0 Å². The van der Waals surface area contributed by atoms with E-state index >= 15 is 0 Å². The zero-order chi connectivity index (χ0) is 28.2. The Hall–Kier alpha value is -3.69. The SMILES string of the molecule is Cc1cc(/C=N/NC(=O)CN(c2ccc(C(C)C)cc2)S(=O)(=O)c2ccccc2)c(C)n1-c1cccc(Br)c1. The lowest BCUT2D eigenvalue weighted by Gasteiger charge is -2.24. The molecule has 0 bridgehead atoms. The van der Waals surface area contributed by atoms with Gasteiger partial charge in [0.1, 0.15) is 6.54 Å². The molecular weight excluding hydrogens is 576 g/mol. The van der Waals surface area contributed by atoms with E-state index in [9.17, 15) is 13.2 Å². The summed E-state index contributed by atoms with van der Waals surface area (Å²) in [6.07, 6.45) is 1.57. The predicted octanol–water partition coefficient (Wildman–Crippen LogP) is 6.33. The van der Waals surface area contributed by atoms with E-state index in [0.717, 1.165) is 37.0 Å². The molecule has 7 nitrogen and oxygen atoms in total. The molecule has 0 aliphatic heterocycles. The van der Waals surface area contributed by atoms with Crippen molar-refractivity contribution in [3.05, 3.63) is 112 Å². The fourth-order valence-electron chi connectivity index (χ4n) is 4.33. The fourth-order valence-corrected chi connectivity index (χ4v) is 6.16. The molecule has 0 aliphatic rings. The van der Waals surface area contributed by atoms with Crippen LogP contribution in [0, 0.1) is 13.8 Å². The minimum atomic E-state index is -3.99. The Morgan fingerprint density at radius 1 is 1.00 bits per heavy atom. The van der Waals surface area contributed by atoms with Crippen LogP contribution in [0.2, 0.25) is 0 Å². The van der Waals surface area contributed by atoms with Gasteiger partial charge in [-0.1, -0.05) is 66.2 Å². The number of hydrogen-bond donors (Lipinski definition) is 1. The van der Waals surface area contributed by atoms with Gasteiger partial charge < -0.3 is 4.57 Å². The summed E-state index contributed by atoms with van der Waals surface area (Å²) < 4.78 is 31.2. The summed E-state index contributed by atoms with van der Waals surface area (Å²) in [4.78, 5) is 13.1. The van der Waals surface area contributed by atoms with Gasteiger partial charge in [0.25, 0.3) is 15.9 Å². The average Bonchev–Trinajstić information content (AvgIpc) is 3.20. The molecule has 0 aliphatic carbocycles. The van der Waals surface area contributed by atoms with Gasteiger partial charge in [-0.05, 0) is 73.9 Å². The van der Waals surface area contributed by atoms with E-state index in [1.54, 1.807) is 36.5 Å².